The van der Waals surface area contributed by atoms with Crippen LogP contribution in [0.25, 0.3) is 5.69 Å². The summed E-state index contributed by atoms with van der Waals surface area (Å²) in [7, 11) is 0. The molecule has 2 aromatic rings. The Kier molecular flexibility index (Phi) is 3.99. The fraction of sp³-hybridized carbons (Fsp3) is 0.308. The van der Waals surface area contributed by atoms with Crippen LogP contribution in [0.2, 0.25) is 0 Å². The van der Waals surface area contributed by atoms with Crippen LogP contribution >= 0.6 is 15.9 Å². The molecular weight excluding hydrogens is 321 g/mol. The van der Waals surface area contributed by atoms with Crippen LogP contribution in [0.3, 0.4) is 0 Å². The summed E-state index contributed by atoms with van der Waals surface area (Å²) in [6.07, 6.45) is 1.59. The van der Waals surface area contributed by atoms with Crippen molar-refractivity contribution < 1.29 is 13.2 Å². The summed E-state index contributed by atoms with van der Waals surface area (Å²) in [4.78, 5) is 0. The Morgan fingerprint density at radius 2 is 1.79 bits per heavy atom. The molecule has 1 aromatic carbocycles. The Balaban J connectivity index is 2.65. The normalized spacial score (nSPS) is 11.3. The average molecular weight is 333 g/mol. The van der Waals surface area contributed by atoms with Gasteiger partial charge < -0.3 is 0 Å². The lowest BCUT2D eigenvalue weighted by Gasteiger charge is -2.13. The molecule has 19 heavy (non-hydrogen) atoms. The first-order valence-corrected chi connectivity index (χ1v) is 6.85. The second-order valence-electron chi connectivity index (χ2n) is 4.47. The van der Waals surface area contributed by atoms with Gasteiger partial charge in [-0.2, -0.15) is 5.10 Å². The third-order valence-corrected chi connectivity index (χ3v) is 3.40. The van der Waals surface area contributed by atoms with Gasteiger partial charge in [0.2, 0.25) is 0 Å². The number of nitrogens with zero attached hydrogens (tertiary/aromatic N) is 2. The van der Waals surface area contributed by atoms with Gasteiger partial charge in [0.05, 0.1) is 11.9 Å². The first-order chi connectivity index (χ1) is 8.95. The molecular formula is C13H12BrF3N2. The van der Waals surface area contributed by atoms with Gasteiger partial charge in [-0.1, -0.05) is 29.8 Å². The van der Waals surface area contributed by atoms with Gasteiger partial charge in [-0.05, 0) is 5.92 Å². The molecule has 1 aromatic heterocycles. The summed E-state index contributed by atoms with van der Waals surface area (Å²) in [5, 5.41) is 4.63. The Morgan fingerprint density at radius 1 is 1.16 bits per heavy atom. The van der Waals surface area contributed by atoms with E-state index in [4.69, 9.17) is 0 Å². The molecule has 0 spiro atoms. The van der Waals surface area contributed by atoms with E-state index in [1.54, 1.807) is 6.20 Å². The molecule has 0 saturated carbocycles. The van der Waals surface area contributed by atoms with Gasteiger partial charge in [-0.3, -0.25) is 0 Å². The fourth-order valence-corrected chi connectivity index (χ4v) is 2.41. The van der Waals surface area contributed by atoms with Crippen LogP contribution in [0.1, 0.15) is 31.0 Å². The first kappa shape index (κ1) is 14.1. The molecule has 0 aliphatic rings. The van der Waals surface area contributed by atoms with Crippen molar-refractivity contribution in [3.8, 4) is 5.69 Å². The highest BCUT2D eigenvalue weighted by Gasteiger charge is 2.19. The van der Waals surface area contributed by atoms with E-state index in [2.05, 4.69) is 21.0 Å². The molecule has 102 valence electrons. The van der Waals surface area contributed by atoms with E-state index in [0.717, 1.165) is 17.3 Å². The molecule has 6 heteroatoms. The second-order valence-corrected chi connectivity index (χ2v) is 5.03. The van der Waals surface area contributed by atoms with Crippen LogP contribution < -0.4 is 0 Å². The minimum atomic E-state index is -1.21. The first-order valence-electron chi connectivity index (χ1n) is 5.73. The third kappa shape index (κ3) is 2.54. The molecule has 2 rings (SSSR count). The molecule has 0 atom stereocenters. The van der Waals surface area contributed by atoms with Crippen molar-refractivity contribution in [2.24, 2.45) is 0 Å². The van der Waals surface area contributed by atoms with Gasteiger partial charge in [0.1, 0.15) is 5.69 Å². The third-order valence-electron chi connectivity index (χ3n) is 2.79. The summed E-state index contributed by atoms with van der Waals surface area (Å²) in [6, 6.07) is 1.35. The molecule has 0 unspecified atom stereocenters. The molecule has 0 aliphatic carbocycles. The van der Waals surface area contributed by atoms with Gasteiger partial charge in [-0.25, -0.2) is 17.9 Å². The van der Waals surface area contributed by atoms with Crippen molar-refractivity contribution in [2.75, 3.05) is 0 Å². The largest absolute Gasteiger partial charge is 0.234 e. The maximum Gasteiger partial charge on any atom is 0.161 e. The molecule has 0 amide bonds. The van der Waals surface area contributed by atoms with Gasteiger partial charge >= 0.3 is 0 Å². The van der Waals surface area contributed by atoms with E-state index >= 15 is 0 Å². The summed E-state index contributed by atoms with van der Waals surface area (Å²) in [6.45, 7) is 3.86. The fourth-order valence-electron chi connectivity index (χ4n) is 1.98. The summed E-state index contributed by atoms with van der Waals surface area (Å²) in [5.74, 6) is -3.07. The van der Waals surface area contributed by atoms with E-state index in [1.165, 1.54) is 4.68 Å². The van der Waals surface area contributed by atoms with Crippen LogP contribution in [0.5, 0.6) is 0 Å². The SMILES string of the molecule is CC(C)c1c(CBr)cnn1-c1cc(F)c(F)cc1F. The number of alkyl halides is 1. The van der Waals surface area contributed by atoms with Crippen LogP contribution in [-0.2, 0) is 5.33 Å². The number of aromatic nitrogens is 2. The number of rotatable bonds is 3. The molecule has 0 bridgehead atoms. The number of hydrogen-bond acceptors (Lipinski definition) is 1. The molecule has 0 radical (unpaired) electrons. The van der Waals surface area contributed by atoms with Gasteiger partial charge in [0.25, 0.3) is 0 Å². The Hall–Kier alpha value is -1.30. The van der Waals surface area contributed by atoms with Crippen molar-refractivity contribution in [1.29, 1.82) is 0 Å². The zero-order valence-corrected chi connectivity index (χ0v) is 12.0. The van der Waals surface area contributed by atoms with E-state index in [0.29, 0.717) is 11.4 Å². The highest BCUT2D eigenvalue weighted by atomic mass is 79.9. The zero-order chi connectivity index (χ0) is 14.2. The molecule has 0 aliphatic heterocycles. The predicted octanol–water partition coefficient (Wildman–Crippen LogP) is 4.31. The number of halogens is 4. The highest BCUT2D eigenvalue weighted by Crippen LogP contribution is 2.26. The van der Waals surface area contributed by atoms with Crippen molar-refractivity contribution in [3.63, 3.8) is 0 Å². The van der Waals surface area contributed by atoms with Crippen LogP contribution in [-0.4, -0.2) is 9.78 Å². The van der Waals surface area contributed by atoms with E-state index < -0.39 is 17.5 Å². The maximum atomic E-state index is 13.8. The molecule has 1 heterocycles. The Labute approximate surface area is 117 Å². The minimum Gasteiger partial charge on any atom is -0.234 e. The van der Waals surface area contributed by atoms with Gasteiger partial charge in [-0.15, -0.1) is 0 Å². The van der Waals surface area contributed by atoms with Crippen molar-refractivity contribution >= 4 is 15.9 Å². The second kappa shape index (κ2) is 5.36. The Bertz CT molecular complexity index is 608. The van der Waals surface area contributed by atoms with Crippen molar-refractivity contribution in [3.05, 3.63) is 47.0 Å². The van der Waals surface area contributed by atoms with Crippen LogP contribution in [0.4, 0.5) is 13.2 Å². The lowest BCUT2D eigenvalue weighted by Crippen LogP contribution is -2.08. The van der Waals surface area contributed by atoms with E-state index in [1.807, 2.05) is 13.8 Å². The lowest BCUT2D eigenvalue weighted by molar-refractivity contribution is 0.490. The van der Waals surface area contributed by atoms with Gasteiger partial charge in [0, 0.05) is 23.0 Å². The Morgan fingerprint density at radius 3 is 2.37 bits per heavy atom. The van der Waals surface area contributed by atoms with Crippen molar-refractivity contribution in [1.82, 2.24) is 9.78 Å². The highest BCUT2D eigenvalue weighted by molar-refractivity contribution is 9.08. The van der Waals surface area contributed by atoms with E-state index in [9.17, 15) is 13.2 Å². The standard InChI is InChI=1S/C13H12BrF3N2/c1-7(2)13-8(5-14)6-18-19(13)12-4-10(16)9(15)3-11(12)17/h3-4,6-7H,5H2,1-2H3. The zero-order valence-electron chi connectivity index (χ0n) is 10.4. The van der Waals surface area contributed by atoms with Crippen LogP contribution in [0.15, 0.2) is 18.3 Å². The van der Waals surface area contributed by atoms with Crippen LogP contribution in [0, 0.1) is 17.5 Å². The predicted molar refractivity (Wildman–Crippen MR) is 70.2 cm³/mol. The summed E-state index contributed by atoms with van der Waals surface area (Å²) >= 11 is 3.33. The van der Waals surface area contributed by atoms with Crippen molar-refractivity contribution in [2.45, 2.75) is 25.1 Å². The minimum absolute atomic E-state index is 0.0718. The summed E-state index contributed by atoms with van der Waals surface area (Å²) < 4.78 is 41.3. The molecule has 0 N–H and O–H groups in total. The number of hydrogen-bond donors (Lipinski definition) is 0. The molecule has 0 saturated heterocycles. The topological polar surface area (TPSA) is 17.8 Å². The summed E-state index contributed by atoms with van der Waals surface area (Å²) in [5.41, 5.74) is 1.57. The maximum absolute atomic E-state index is 13.8. The average Bonchev–Trinajstić information content (AvgIpc) is 2.77. The smallest absolute Gasteiger partial charge is 0.161 e. The molecule has 0 fully saturated rings. The van der Waals surface area contributed by atoms with E-state index in [-0.39, 0.29) is 11.6 Å². The number of benzene rings is 1. The molecule has 2 nitrogen and oxygen atoms in total. The monoisotopic (exact) mass is 332 g/mol. The quantitative estimate of drug-likeness (QED) is 0.605. The lowest BCUT2D eigenvalue weighted by atomic mass is 10.1. The van der Waals surface area contributed by atoms with Gasteiger partial charge in [0.15, 0.2) is 17.5 Å².